The highest BCUT2D eigenvalue weighted by molar-refractivity contribution is 6.04. The summed E-state index contributed by atoms with van der Waals surface area (Å²) in [4.78, 5) is 38.5. The van der Waals surface area contributed by atoms with Gasteiger partial charge in [-0.1, -0.05) is 31.2 Å². The van der Waals surface area contributed by atoms with Gasteiger partial charge in [0.1, 0.15) is 11.5 Å². The second-order valence-corrected chi connectivity index (χ2v) is 9.58. The molecule has 0 unspecified atom stereocenters. The number of carbonyl (C=O) groups excluding carboxylic acids is 3. The van der Waals surface area contributed by atoms with E-state index in [1.165, 1.54) is 6.92 Å². The van der Waals surface area contributed by atoms with Crippen LogP contribution in [0.4, 0.5) is 0 Å². The van der Waals surface area contributed by atoms with Gasteiger partial charge < -0.3 is 19.5 Å². The Morgan fingerprint density at radius 2 is 1.62 bits per heavy atom. The van der Waals surface area contributed by atoms with E-state index in [4.69, 9.17) is 14.2 Å². The summed E-state index contributed by atoms with van der Waals surface area (Å²) in [5, 5.41) is 3.37. The number of ketones is 1. The molecular formula is C30H33NO6. The number of allylic oxidation sites excluding steroid dienone is 3. The molecule has 2 aromatic carbocycles. The zero-order valence-electron chi connectivity index (χ0n) is 21.9. The molecule has 0 bridgehead atoms. The molecule has 1 aliphatic heterocycles. The fourth-order valence-electron chi connectivity index (χ4n) is 4.98. The van der Waals surface area contributed by atoms with Gasteiger partial charge in [-0.15, -0.1) is 0 Å². The van der Waals surface area contributed by atoms with Gasteiger partial charge in [0.25, 0.3) is 0 Å². The fourth-order valence-corrected chi connectivity index (χ4v) is 4.98. The maximum atomic E-state index is 13.7. The predicted octanol–water partition coefficient (Wildman–Crippen LogP) is 5.32. The van der Waals surface area contributed by atoms with Crippen molar-refractivity contribution in [1.29, 1.82) is 0 Å². The minimum atomic E-state index is -0.580. The summed E-state index contributed by atoms with van der Waals surface area (Å²) in [5.74, 6) is -0.266. The molecule has 1 heterocycles. The largest absolute Gasteiger partial charge is 0.497 e. The number of hydrogen-bond donors (Lipinski definition) is 1. The monoisotopic (exact) mass is 503 g/mol. The number of carbonyl (C=O) groups is 3. The number of rotatable bonds is 7. The molecule has 194 valence electrons. The normalized spacial score (nSPS) is 20.1. The first-order valence-corrected chi connectivity index (χ1v) is 12.6. The Morgan fingerprint density at radius 1 is 1.00 bits per heavy atom. The third-order valence-corrected chi connectivity index (χ3v) is 6.99. The quantitative estimate of drug-likeness (QED) is 0.404. The van der Waals surface area contributed by atoms with Gasteiger partial charge in [0.2, 0.25) is 0 Å². The molecular weight excluding hydrogens is 470 g/mol. The molecule has 7 heteroatoms. The predicted molar refractivity (Wildman–Crippen MR) is 139 cm³/mol. The number of Topliss-reactive ketones (excluding diaryl/α,β-unsaturated/α-hetero) is 1. The Hall–Kier alpha value is -3.87. The van der Waals surface area contributed by atoms with Crippen molar-refractivity contribution in [2.75, 3.05) is 7.11 Å². The molecule has 37 heavy (non-hydrogen) atoms. The SMILES string of the molecule is CC[C@H](C)OC(=O)C1=C(C)NC2=C(C(=O)C[C@@H](c3ccc(OC)cc3)C2)[C@H]1c1ccc(OC(C)=O)cc1. The number of hydrogen-bond acceptors (Lipinski definition) is 7. The van der Waals surface area contributed by atoms with Gasteiger partial charge in [-0.3, -0.25) is 9.59 Å². The van der Waals surface area contributed by atoms with Crippen molar-refractivity contribution < 1.29 is 28.6 Å². The van der Waals surface area contributed by atoms with Gasteiger partial charge in [-0.05, 0) is 68.0 Å². The molecule has 0 spiro atoms. The molecule has 4 rings (SSSR count). The van der Waals surface area contributed by atoms with E-state index >= 15 is 0 Å². The first kappa shape index (κ1) is 26.2. The van der Waals surface area contributed by atoms with Crippen molar-refractivity contribution in [1.82, 2.24) is 5.32 Å². The van der Waals surface area contributed by atoms with Crippen LogP contribution in [0.25, 0.3) is 0 Å². The van der Waals surface area contributed by atoms with Crippen molar-refractivity contribution in [2.45, 2.75) is 64.9 Å². The Balaban J connectivity index is 1.74. The van der Waals surface area contributed by atoms with E-state index < -0.39 is 17.9 Å². The lowest BCUT2D eigenvalue weighted by atomic mass is 9.71. The lowest BCUT2D eigenvalue weighted by molar-refractivity contribution is -0.144. The summed E-state index contributed by atoms with van der Waals surface area (Å²) in [7, 11) is 1.63. The Morgan fingerprint density at radius 3 is 2.22 bits per heavy atom. The number of benzene rings is 2. The zero-order valence-corrected chi connectivity index (χ0v) is 21.9. The van der Waals surface area contributed by atoms with Crippen molar-refractivity contribution in [3.63, 3.8) is 0 Å². The third kappa shape index (κ3) is 5.61. The van der Waals surface area contributed by atoms with E-state index in [-0.39, 0.29) is 17.8 Å². The molecule has 3 atom stereocenters. The second kappa shape index (κ2) is 11.0. The first-order valence-electron chi connectivity index (χ1n) is 12.6. The molecule has 0 aromatic heterocycles. The minimum Gasteiger partial charge on any atom is -0.497 e. The average molecular weight is 504 g/mol. The van der Waals surface area contributed by atoms with Crippen LogP contribution in [-0.4, -0.2) is 30.9 Å². The summed E-state index contributed by atoms with van der Waals surface area (Å²) < 4.78 is 16.2. The maximum Gasteiger partial charge on any atom is 0.337 e. The Labute approximate surface area is 217 Å². The highest BCUT2D eigenvalue weighted by atomic mass is 16.5. The molecule has 2 aliphatic rings. The smallest absolute Gasteiger partial charge is 0.337 e. The number of dihydropyridines is 1. The van der Waals surface area contributed by atoms with Crippen molar-refractivity contribution in [2.24, 2.45) is 0 Å². The summed E-state index contributed by atoms with van der Waals surface area (Å²) in [5.41, 5.74) is 4.33. The van der Waals surface area contributed by atoms with Crippen molar-refractivity contribution in [3.8, 4) is 11.5 Å². The lowest BCUT2D eigenvalue weighted by Crippen LogP contribution is -2.36. The van der Waals surface area contributed by atoms with Gasteiger partial charge in [0.15, 0.2) is 5.78 Å². The zero-order chi connectivity index (χ0) is 26.7. The van der Waals surface area contributed by atoms with Gasteiger partial charge in [0, 0.05) is 36.2 Å². The van der Waals surface area contributed by atoms with E-state index in [9.17, 15) is 14.4 Å². The summed E-state index contributed by atoms with van der Waals surface area (Å²) in [6, 6.07) is 14.7. The van der Waals surface area contributed by atoms with Crippen LogP contribution in [0.15, 0.2) is 71.1 Å². The third-order valence-electron chi connectivity index (χ3n) is 6.99. The molecule has 0 radical (unpaired) electrons. The van der Waals surface area contributed by atoms with Gasteiger partial charge in [-0.2, -0.15) is 0 Å². The van der Waals surface area contributed by atoms with Crippen LogP contribution in [0.5, 0.6) is 11.5 Å². The van der Waals surface area contributed by atoms with Crippen LogP contribution >= 0.6 is 0 Å². The minimum absolute atomic E-state index is 0.00929. The molecule has 1 aliphatic carbocycles. The standard InChI is InChI=1S/C30H33NO6/c1-6-17(2)36-30(34)27-18(3)31-25-15-22(20-7-11-23(35-5)12-8-20)16-26(33)29(25)28(27)21-9-13-24(14-10-21)37-19(4)32/h7-14,17,22,28,31H,6,15-16H2,1-5H3/t17-,22-,28-/m0/s1. The van der Waals surface area contributed by atoms with E-state index in [0.717, 1.165) is 22.6 Å². The molecule has 2 aromatic rings. The van der Waals surface area contributed by atoms with Crippen molar-refractivity contribution in [3.05, 3.63) is 82.2 Å². The second-order valence-electron chi connectivity index (χ2n) is 9.58. The molecule has 1 N–H and O–H groups in total. The number of ether oxygens (including phenoxy) is 3. The Bertz CT molecular complexity index is 1260. The molecule has 0 fully saturated rings. The fraction of sp³-hybridized carbons (Fsp3) is 0.367. The number of methoxy groups -OCH3 is 1. The van der Waals surface area contributed by atoms with Crippen LogP contribution < -0.4 is 14.8 Å². The highest BCUT2D eigenvalue weighted by Crippen LogP contribution is 2.46. The van der Waals surface area contributed by atoms with Crippen LogP contribution in [-0.2, 0) is 19.1 Å². The van der Waals surface area contributed by atoms with Crippen LogP contribution in [0.3, 0.4) is 0 Å². The van der Waals surface area contributed by atoms with Crippen LogP contribution in [0, 0.1) is 0 Å². The average Bonchev–Trinajstić information content (AvgIpc) is 2.87. The topological polar surface area (TPSA) is 90.9 Å². The van der Waals surface area contributed by atoms with E-state index in [1.54, 1.807) is 31.4 Å². The van der Waals surface area contributed by atoms with Gasteiger partial charge in [0.05, 0.1) is 18.8 Å². The van der Waals surface area contributed by atoms with E-state index in [2.05, 4.69) is 5.32 Å². The number of esters is 2. The highest BCUT2D eigenvalue weighted by Gasteiger charge is 2.41. The van der Waals surface area contributed by atoms with Crippen LogP contribution in [0.1, 0.15) is 69.9 Å². The lowest BCUT2D eigenvalue weighted by Gasteiger charge is -2.37. The summed E-state index contributed by atoms with van der Waals surface area (Å²) in [6.45, 7) is 6.99. The number of nitrogens with one attached hydrogen (secondary N) is 1. The molecule has 0 saturated heterocycles. The van der Waals surface area contributed by atoms with Gasteiger partial charge in [-0.25, -0.2) is 4.79 Å². The molecule has 0 saturated carbocycles. The molecule has 0 amide bonds. The summed E-state index contributed by atoms with van der Waals surface area (Å²) in [6.07, 6.45) is 1.41. The first-order chi connectivity index (χ1) is 17.7. The van der Waals surface area contributed by atoms with E-state index in [0.29, 0.717) is 41.9 Å². The van der Waals surface area contributed by atoms with Crippen LogP contribution in [0.2, 0.25) is 0 Å². The summed E-state index contributed by atoms with van der Waals surface area (Å²) >= 11 is 0. The molecule has 7 nitrogen and oxygen atoms in total. The maximum absolute atomic E-state index is 13.7. The van der Waals surface area contributed by atoms with Gasteiger partial charge >= 0.3 is 11.9 Å². The van der Waals surface area contributed by atoms with Crippen molar-refractivity contribution >= 4 is 17.7 Å². The Kier molecular flexibility index (Phi) is 7.81. The van der Waals surface area contributed by atoms with E-state index in [1.807, 2.05) is 45.0 Å².